The van der Waals surface area contributed by atoms with Gasteiger partial charge in [0.2, 0.25) is 0 Å². The van der Waals surface area contributed by atoms with E-state index in [1.54, 1.807) is 24.3 Å². The Morgan fingerprint density at radius 1 is 1.24 bits per heavy atom. The summed E-state index contributed by atoms with van der Waals surface area (Å²) in [5.74, 6) is 2.12. The fraction of sp³-hybridized carbons (Fsp3) is 0.438. The minimum absolute atomic E-state index is 0.119. The lowest BCUT2D eigenvalue weighted by Crippen LogP contribution is -2.04. The number of Topliss-reactive ketones (excluding diaryl/α,β-unsaturated/α-hetero) is 1. The Morgan fingerprint density at radius 2 is 1.90 bits per heavy atom. The molecule has 0 fully saturated rings. The summed E-state index contributed by atoms with van der Waals surface area (Å²) in [6.45, 7) is 7.70. The molecule has 0 saturated carbocycles. The minimum Gasteiger partial charge on any atom is -0.481 e. The highest BCUT2D eigenvalue weighted by Gasteiger charge is 2.17. The first-order chi connectivity index (χ1) is 10.0. The highest BCUT2D eigenvalue weighted by Crippen LogP contribution is 2.22. The number of nitrogens with zero attached hydrogens (tertiary/aromatic N) is 2. The summed E-state index contributed by atoms with van der Waals surface area (Å²) in [6, 6.07) is 7.08. The van der Waals surface area contributed by atoms with Gasteiger partial charge in [0.25, 0.3) is 5.89 Å². The second-order valence-corrected chi connectivity index (χ2v) is 5.21. The van der Waals surface area contributed by atoms with E-state index in [-0.39, 0.29) is 17.8 Å². The molecule has 112 valence electrons. The molecule has 0 N–H and O–H groups in total. The number of benzene rings is 1. The Bertz CT molecular complexity index is 602. The first-order valence-corrected chi connectivity index (χ1v) is 7.14. The van der Waals surface area contributed by atoms with Crippen LogP contribution in [0.1, 0.15) is 68.2 Å². The molecule has 0 aliphatic carbocycles. The van der Waals surface area contributed by atoms with Crippen LogP contribution in [0, 0.1) is 0 Å². The van der Waals surface area contributed by atoms with Crippen molar-refractivity contribution in [3.8, 4) is 5.75 Å². The number of ether oxygens (including phenoxy) is 1. The highest BCUT2D eigenvalue weighted by atomic mass is 16.5. The van der Waals surface area contributed by atoms with Gasteiger partial charge in [0, 0.05) is 17.9 Å². The molecular formula is C16H20N2O3. The van der Waals surface area contributed by atoms with E-state index in [1.165, 1.54) is 0 Å². The van der Waals surface area contributed by atoms with E-state index in [9.17, 15) is 4.79 Å². The van der Waals surface area contributed by atoms with Gasteiger partial charge in [-0.2, -0.15) is 4.98 Å². The van der Waals surface area contributed by atoms with Crippen molar-refractivity contribution in [2.75, 3.05) is 0 Å². The zero-order valence-electron chi connectivity index (χ0n) is 12.8. The molecule has 1 unspecified atom stereocenters. The SMILES string of the molecule is CCC(=O)c1ccc(OC(C)c2nc(C(C)C)no2)cc1. The lowest BCUT2D eigenvalue weighted by Gasteiger charge is -2.11. The van der Waals surface area contributed by atoms with Crippen LogP contribution in [0.4, 0.5) is 0 Å². The Hall–Kier alpha value is -2.17. The molecule has 21 heavy (non-hydrogen) atoms. The zero-order valence-corrected chi connectivity index (χ0v) is 12.8. The van der Waals surface area contributed by atoms with Gasteiger partial charge in [-0.1, -0.05) is 25.9 Å². The quantitative estimate of drug-likeness (QED) is 0.753. The lowest BCUT2D eigenvalue weighted by molar-refractivity contribution is 0.0988. The maximum Gasteiger partial charge on any atom is 0.267 e. The standard InChI is InChI=1S/C16H20N2O3/c1-5-14(19)12-6-8-13(9-7-12)20-11(4)16-17-15(10(2)3)18-21-16/h6-11H,5H2,1-4H3. The van der Waals surface area contributed by atoms with Crippen molar-refractivity contribution in [1.29, 1.82) is 0 Å². The van der Waals surface area contributed by atoms with Crippen molar-refractivity contribution in [1.82, 2.24) is 10.1 Å². The van der Waals surface area contributed by atoms with Crippen molar-refractivity contribution in [2.45, 2.75) is 46.1 Å². The zero-order chi connectivity index (χ0) is 15.4. The summed E-state index contributed by atoms with van der Waals surface area (Å²) in [5, 5.41) is 3.92. The Morgan fingerprint density at radius 3 is 2.43 bits per heavy atom. The third-order valence-electron chi connectivity index (χ3n) is 3.13. The van der Waals surface area contributed by atoms with Crippen LogP contribution in [0.2, 0.25) is 0 Å². The molecule has 0 radical (unpaired) electrons. The van der Waals surface area contributed by atoms with E-state index in [1.807, 2.05) is 27.7 Å². The van der Waals surface area contributed by atoms with Gasteiger partial charge in [-0.15, -0.1) is 0 Å². The molecule has 0 aliphatic rings. The van der Waals surface area contributed by atoms with Crippen LogP contribution in [0.15, 0.2) is 28.8 Å². The predicted octanol–water partition coefficient (Wildman–Crippen LogP) is 3.93. The molecule has 2 rings (SSSR count). The third-order valence-corrected chi connectivity index (χ3v) is 3.13. The van der Waals surface area contributed by atoms with Crippen molar-refractivity contribution in [2.24, 2.45) is 0 Å². The fourth-order valence-corrected chi connectivity index (χ4v) is 1.82. The van der Waals surface area contributed by atoms with Crippen LogP contribution in [0.3, 0.4) is 0 Å². The number of carbonyl (C=O) groups excluding carboxylic acids is 1. The molecule has 0 spiro atoms. The van der Waals surface area contributed by atoms with Crippen LogP contribution >= 0.6 is 0 Å². The van der Waals surface area contributed by atoms with Crippen molar-refractivity contribution in [3.63, 3.8) is 0 Å². The number of carbonyl (C=O) groups is 1. The largest absolute Gasteiger partial charge is 0.481 e. The van der Waals surface area contributed by atoms with E-state index in [4.69, 9.17) is 9.26 Å². The Balaban J connectivity index is 2.04. The number of hydrogen-bond donors (Lipinski definition) is 0. The highest BCUT2D eigenvalue weighted by molar-refractivity contribution is 5.95. The van der Waals surface area contributed by atoms with Gasteiger partial charge in [0.15, 0.2) is 17.7 Å². The van der Waals surface area contributed by atoms with Crippen molar-refractivity contribution < 1.29 is 14.1 Å². The van der Waals surface area contributed by atoms with Crippen LogP contribution in [0.25, 0.3) is 0 Å². The van der Waals surface area contributed by atoms with E-state index in [0.29, 0.717) is 29.4 Å². The van der Waals surface area contributed by atoms with Crippen molar-refractivity contribution in [3.05, 3.63) is 41.5 Å². The minimum atomic E-state index is -0.335. The molecule has 1 heterocycles. The summed E-state index contributed by atoms with van der Waals surface area (Å²) in [5.41, 5.74) is 0.692. The topological polar surface area (TPSA) is 65.2 Å². The summed E-state index contributed by atoms with van der Waals surface area (Å²) >= 11 is 0. The van der Waals surface area contributed by atoms with E-state index < -0.39 is 0 Å². The van der Waals surface area contributed by atoms with Gasteiger partial charge >= 0.3 is 0 Å². The Kier molecular flexibility index (Phi) is 4.73. The number of ketones is 1. The maximum atomic E-state index is 11.6. The Labute approximate surface area is 124 Å². The van der Waals surface area contributed by atoms with Crippen LogP contribution in [-0.2, 0) is 0 Å². The average molecular weight is 288 g/mol. The van der Waals surface area contributed by atoms with Gasteiger partial charge in [-0.25, -0.2) is 0 Å². The average Bonchev–Trinajstić information content (AvgIpc) is 2.97. The van der Waals surface area contributed by atoms with Gasteiger partial charge in [0.1, 0.15) is 5.75 Å². The molecule has 1 atom stereocenters. The first-order valence-electron chi connectivity index (χ1n) is 7.14. The lowest BCUT2D eigenvalue weighted by atomic mass is 10.1. The molecule has 0 bridgehead atoms. The van der Waals surface area contributed by atoms with Gasteiger partial charge < -0.3 is 9.26 Å². The number of hydrogen-bond acceptors (Lipinski definition) is 5. The first kappa shape index (κ1) is 15.2. The summed E-state index contributed by atoms with van der Waals surface area (Å²) in [6.07, 6.45) is 0.161. The summed E-state index contributed by atoms with van der Waals surface area (Å²) in [4.78, 5) is 15.9. The van der Waals surface area contributed by atoms with Gasteiger partial charge in [-0.3, -0.25) is 4.79 Å². The molecule has 5 nitrogen and oxygen atoms in total. The third kappa shape index (κ3) is 3.68. The van der Waals surface area contributed by atoms with Crippen molar-refractivity contribution >= 4 is 5.78 Å². The molecule has 1 aromatic heterocycles. The second-order valence-electron chi connectivity index (χ2n) is 5.21. The van der Waals surface area contributed by atoms with E-state index >= 15 is 0 Å². The van der Waals surface area contributed by atoms with E-state index in [0.717, 1.165) is 0 Å². The van der Waals surface area contributed by atoms with Crippen LogP contribution in [-0.4, -0.2) is 15.9 Å². The molecule has 2 aromatic rings. The maximum absolute atomic E-state index is 11.6. The fourth-order valence-electron chi connectivity index (χ4n) is 1.82. The van der Waals surface area contributed by atoms with Crippen LogP contribution in [0.5, 0.6) is 5.75 Å². The van der Waals surface area contributed by atoms with Gasteiger partial charge in [0.05, 0.1) is 0 Å². The monoisotopic (exact) mass is 288 g/mol. The predicted molar refractivity (Wildman–Crippen MR) is 78.5 cm³/mol. The molecule has 1 aromatic carbocycles. The van der Waals surface area contributed by atoms with E-state index in [2.05, 4.69) is 10.1 Å². The number of rotatable bonds is 6. The smallest absolute Gasteiger partial charge is 0.267 e. The summed E-state index contributed by atoms with van der Waals surface area (Å²) < 4.78 is 11.0. The molecule has 0 saturated heterocycles. The summed E-state index contributed by atoms with van der Waals surface area (Å²) in [7, 11) is 0. The molecule has 0 aliphatic heterocycles. The molecular weight excluding hydrogens is 268 g/mol. The molecule has 5 heteroatoms. The molecule has 0 amide bonds. The normalized spacial score (nSPS) is 12.4. The van der Waals surface area contributed by atoms with Gasteiger partial charge in [-0.05, 0) is 31.2 Å². The second kappa shape index (κ2) is 6.52. The number of aromatic nitrogens is 2. The van der Waals surface area contributed by atoms with Crippen LogP contribution < -0.4 is 4.74 Å².